The molecule has 2 N–H and O–H groups in total. The predicted octanol–water partition coefficient (Wildman–Crippen LogP) is 3.29. The molecule has 0 atom stereocenters. The van der Waals surface area contributed by atoms with Crippen molar-refractivity contribution in [2.24, 2.45) is 0 Å². The molecule has 0 heterocycles. The molecule has 0 unspecified atom stereocenters. The summed E-state index contributed by atoms with van der Waals surface area (Å²) in [4.78, 5) is 12.5. The molecule has 0 aliphatic carbocycles. The van der Waals surface area contributed by atoms with Crippen molar-refractivity contribution in [2.45, 2.75) is 24.8 Å². The van der Waals surface area contributed by atoms with Crippen molar-refractivity contribution in [1.29, 1.82) is 0 Å². The van der Waals surface area contributed by atoms with E-state index in [0.717, 1.165) is 0 Å². The molecule has 0 fully saturated rings. The van der Waals surface area contributed by atoms with Gasteiger partial charge >= 0.3 is 0 Å². The summed E-state index contributed by atoms with van der Waals surface area (Å²) in [5, 5.41) is 2.83. The van der Waals surface area contributed by atoms with Crippen LogP contribution in [0.4, 0.5) is 5.69 Å². The van der Waals surface area contributed by atoms with Gasteiger partial charge in [0.15, 0.2) is 0 Å². The number of carbonyl (C=O) groups excluding carboxylic acids is 1. The first-order valence-corrected chi connectivity index (χ1v) is 9.36. The van der Waals surface area contributed by atoms with E-state index in [1.807, 2.05) is 0 Å². The molecule has 0 aliphatic heterocycles. The highest BCUT2D eigenvalue weighted by atomic mass is 35.5. The van der Waals surface area contributed by atoms with Gasteiger partial charge in [0.25, 0.3) is 5.91 Å². The summed E-state index contributed by atoms with van der Waals surface area (Å²) >= 11 is 6.07. The van der Waals surface area contributed by atoms with Crippen molar-refractivity contribution >= 4 is 33.2 Å². The van der Waals surface area contributed by atoms with E-state index >= 15 is 0 Å². The van der Waals surface area contributed by atoms with Crippen LogP contribution in [0.3, 0.4) is 0 Å². The van der Waals surface area contributed by atoms with E-state index in [0.29, 0.717) is 11.4 Å². The molecule has 0 aromatic heterocycles. The fourth-order valence-corrected chi connectivity index (χ4v) is 3.60. The second kappa shape index (κ2) is 7.86. The van der Waals surface area contributed by atoms with Gasteiger partial charge in [-0.2, -0.15) is 0 Å². The number of hydrogen-bond donors (Lipinski definition) is 2. The van der Waals surface area contributed by atoms with Gasteiger partial charge in [-0.15, -0.1) is 0 Å². The Hall–Kier alpha value is -2.09. The second-order valence-corrected chi connectivity index (χ2v) is 7.72. The summed E-state index contributed by atoms with van der Waals surface area (Å²) in [7, 11) is -2.20. The monoisotopic (exact) mass is 382 g/mol. The number of methoxy groups -OCH3 is 1. The van der Waals surface area contributed by atoms with E-state index in [9.17, 15) is 13.2 Å². The molecule has 1 amide bonds. The fraction of sp³-hybridized carbons (Fsp3) is 0.235. The highest BCUT2D eigenvalue weighted by molar-refractivity contribution is 7.89. The predicted molar refractivity (Wildman–Crippen MR) is 97.9 cm³/mol. The van der Waals surface area contributed by atoms with Crippen LogP contribution in [0.2, 0.25) is 5.02 Å². The van der Waals surface area contributed by atoms with E-state index in [-0.39, 0.29) is 21.5 Å². The van der Waals surface area contributed by atoms with Crippen molar-refractivity contribution in [2.75, 3.05) is 12.4 Å². The van der Waals surface area contributed by atoms with Gasteiger partial charge in [-0.25, -0.2) is 13.1 Å². The number of benzene rings is 2. The summed E-state index contributed by atoms with van der Waals surface area (Å²) in [6.45, 7) is 3.42. The average molecular weight is 383 g/mol. The SMILES string of the molecule is COc1cccc(NC(=O)c2cc(S(=O)(=O)NC(C)C)ccc2Cl)c1. The fourth-order valence-electron chi connectivity index (χ4n) is 2.12. The number of sulfonamides is 1. The summed E-state index contributed by atoms with van der Waals surface area (Å²) in [6, 6.07) is 10.5. The van der Waals surface area contributed by atoms with Crippen molar-refractivity contribution in [3.8, 4) is 5.75 Å². The maximum absolute atomic E-state index is 12.5. The zero-order chi connectivity index (χ0) is 18.6. The third kappa shape index (κ3) is 4.94. The molecule has 2 aromatic carbocycles. The largest absolute Gasteiger partial charge is 0.497 e. The molecule has 2 rings (SSSR count). The zero-order valence-corrected chi connectivity index (χ0v) is 15.6. The van der Waals surface area contributed by atoms with Crippen molar-refractivity contribution in [3.63, 3.8) is 0 Å². The lowest BCUT2D eigenvalue weighted by Crippen LogP contribution is -2.30. The minimum absolute atomic E-state index is 0.0265. The lowest BCUT2D eigenvalue weighted by atomic mass is 10.2. The molecule has 0 spiro atoms. The minimum atomic E-state index is -3.72. The standard InChI is InChI=1S/C17H19ClN2O4S/c1-11(2)20-25(22,23)14-7-8-16(18)15(10-14)17(21)19-12-5-4-6-13(9-12)24-3/h4-11,20H,1-3H3,(H,19,21). The number of nitrogens with one attached hydrogen (secondary N) is 2. The molecular weight excluding hydrogens is 364 g/mol. The van der Waals surface area contributed by atoms with Gasteiger partial charge in [-0.3, -0.25) is 4.79 Å². The Morgan fingerprint density at radius 1 is 1.16 bits per heavy atom. The second-order valence-electron chi connectivity index (χ2n) is 5.60. The van der Waals surface area contributed by atoms with E-state index < -0.39 is 15.9 Å². The Balaban J connectivity index is 2.32. The van der Waals surface area contributed by atoms with E-state index in [1.165, 1.54) is 25.3 Å². The van der Waals surface area contributed by atoms with Gasteiger partial charge in [0.2, 0.25) is 10.0 Å². The van der Waals surface area contributed by atoms with Gasteiger partial charge in [0, 0.05) is 17.8 Å². The number of amides is 1. The van der Waals surface area contributed by atoms with Crippen LogP contribution in [0.1, 0.15) is 24.2 Å². The molecule has 2 aromatic rings. The van der Waals surface area contributed by atoms with Crippen LogP contribution in [0.5, 0.6) is 5.75 Å². The maximum Gasteiger partial charge on any atom is 0.257 e. The summed E-state index contributed by atoms with van der Waals surface area (Å²) in [5.41, 5.74) is 0.574. The summed E-state index contributed by atoms with van der Waals surface area (Å²) < 4.78 is 32.1. The maximum atomic E-state index is 12.5. The quantitative estimate of drug-likeness (QED) is 0.802. The molecule has 6 nitrogen and oxygen atoms in total. The highest BCUT2D eigenvalue weighted by Crippen LogP contribution is 2.23. The van der Waals surface area contributed by atoms with Gasteiger partial charge < -0.3 is 10.1 Å². The number of halogens is 1. The smallest absolute Gasteiger partial charge is 0.257 e. The minimum Gasteiger partial charge on any atom is -0.497 e. The van der Waals surface area contributed by atoms with Crippen LogP contribution in [0.15, 0.2) is 47.4 Å². The molecule has 0 saturated heterocycles. The Morgan fingerprint density at radius 3 is 2.52 bits per heavy atom. The average Bonchev–Trinajstić information content (AvgIpc) is 2.54. The first-order valence-electron chi connectivity index (χ1n) is 7.50. The first kappa shape index (κ1) is 19.2. The molecule has 0 aliphatic rings. The van der Waals surface area contributed by atoms with Gasteiger partial charge in [-0.05, 0) is 44.2 Å². The Labute approximate surface area is 152 Å². The van der Waals surface area contributed by atoms with E-state index in [4.69, 9.17) is 16.3 Å². The normalized spacial score (nSPS) is 11.4. The third-order valence-electron chi connectivity index (χ3n) is 3.21. The molecule has 134 valence electrons. The summed E-state index contributed by atoms with van der Waals surface area (Å²) in [6.07, 6.45) is 0. The van der Waals surface area contributed by atoms with Crippen LogP contribution in [0, 0.1) is 0 Å². The van der Waals surface area contributed by atoms with E-state index in [1.54, 1.807) is 38.1 Å². The molecular formula is C17H19ClN2O4S. The Kier molecular flexibility index (Phi) is 6.05. The topological polar surface area (TPSA) is 84.5 Å². The van der Waals surface area contributed by atoms with Crippen LogP contribution in [0.25, 0.3) is 0 Å². The number of rotatable bonds is 6. The van der Waals surface area contributed by atoms with Gasteiger partial charge in [-0.1, -0.05) is 17.7 Å². The Bertz CT molecular complexity index is 882. The van der Waals surface area contributed by atoms with Crippen LogP contribution in [-0.4, -0.2) is 27.5 Å². The van der Waals surface area contributed by atoms with E-state index in [2.05, 4.69) is 10.0 Å². The molecule has 0 saturated carbocycles. The third-order valence-corrected chi connectivity index (χ3v) is 5.20. The zero-order valence-electron chi connectivity index (χ0n) is 14.0. The lowest BCUT2D eigenvalue weighted by molar-refractivity contribution is 0.102. The van der Waals surface area contributed by atoms with Gasteiger partial charge in [0.05, 0.1) is 22.6 Å². The van der Waals surface area contributed by atoms with Crippen LogP contribution in [-0.2, 0) is 10.0 Å². The molecule has 25 heavy (non-hydrogen) atoms. The number of hydrogen-bond acceptors (Lipinski definition) is 4. The van der Waals surface area contributed by atoms with Crippen molar-refractivity contribution in [1.82, 2.24) is 4.72 Å². The van der Waals surface area contributed by atoms with Crippen LogP contribution >= 0.6 is 11.6 Å². The van der Waals surface area contributed by atoms with Crippen molar-refractivity contribution in [3.05, 3.63) is 53.1 Å². The summed E-state index contributed by atoms with van der Waals surface area (Å²) in [5.74, 6) is 0.0706. The lowest BCUT2D eigenvalue weighted by Gasteiger charge is -2.12. The Morgan fingerprint density at radius 2 is 1.88 bits per heavy atom. The van der Waals surface area contributed by atoms with Gasteiger partial charge in [0.1, 0.15) is 5.75 Å². The number of carbonyl (C=O) groups is 1. The van der Waals surface area contributed by atoms with Crippen molar-refractivity contribution < 1.29 is 17.9 Å². The molecule has 0 radical (unpaired) electrons. The highest BCUT2D eigenvalue weighted by Gasteiger charge is 2.19. The molecule has 8 heteroatoms. The first-order chi connectivity index (χ1) is 11.7. The van der Waals surface area contributed by atoms with Crippen LogP contribution < -0.4 is 14.8 Å². The molecule has 0 bridgehead atoms. The number of ether oxygens (including phenoxy) is 1. The number of anilines is 1.